The first kappa shape index (κ1) is 11.3. The number of amides is 1. The van der Waals surface area contributed by atoms with Crippen molar-refractivity contribution in [3.8, 4) is 0 Å². The molecule has 2 aromatic carbocycles. The van der Waals surface area contributed by atoms with Crippen LogP contribution in [-0.4, -0.2) is 11.2 Å². The number of rotatable bonds is 2. The molecule has 4 heteroatoms. The average Bonchev–Trinajstić information content (AvgIpc) is 2.78. The molecule has 0 fully saturated rings. The molecule has 3 nitrogen and oxygen atoms in total. The fraction of sp³-hybridized carbons (Fsp3) is 0.0714. The lowest BCUT2D eigenvalue weighted by Gasteiger charge is -2.04. The van der Waals surface area contributed by atoms with Gasteiger partial charge in [-0.2, -0.15) is 0 Å². The quantitative estimate of drug-likeness (QED) is 0.729. The zero-order valence-corrected chi connectivity index (χ0v) is 11.0. The van der Waals surface area contributed by atoms with Gasteiger partial charge in [-0.15, -0.1) is 0 Å². The Labute approximate surface area is 112 Å². The maximum absolute atomic E-state index is 11.5. The monoisotopic (exact) mass is 303 g/mol. The zero-order chi connectivity index (χ0) is 12.5. The Bertz CT molecular complexity index is 733. The Morgan fingerprint density at radius 3 is 2.72 bits per heavy atom. The Balaban J connectivity index is 2.28. The average molecular weight is 304 g/mol. The number of hydrogen-bond acceptors (Lipinski definition) is 2. The number of nitrogens with one attached hydrogen (secondary N) is 1. The van der Waals surface area contributed by atoms with E-state index in [0.29, 0.717) is 0 Å². The largest absolute Gasteiger partial charge is 0.456 e. The number of halogens is 1. The van der Waals surface area contributed by atoms with Crippen molar-refractivity contribution in [3.63, 3.8) is 0 Å². The number of alkyl halides is 1. The number of fused-ring (bicyclic) bond motifs is 3. The van der Waals surface area contributed by atoms with Crippen LogP contribution in [-0.2, 0) is 4.79 Å². The fourth-order valence-corrected chi connectivity index (χ4v) is 2.20. The molecule has 0 aliphatic heterocycles. The molecular formula is C14H10BrNO2. The van der Waals surface area contributed by atoms with Gasteiger partial charge in [0.05, 0.1) is 16.4 Å². The van der Waals surface area contributed by atoms with E-state index in [0.717, 1.165) is 27.6 Å². The van der Waals surface area contributed by atoms with Gasteiger partial charge in [0.25, 0.3) is 0 Å². The molecule has 0 spiro atoms. The van der Waals surface area contributed by atoms with E-state index in [4.69, 9.17) is 4.42 Å². The van der Waals surface area contributed by atoms with Gasteiger partial charge in [-0.25, -0.2) is 0 Å². The van der Waals surface area contributed by atoms with Crippen molar-refractivity contribution in [2.24, 2.45) is 0 Å². The highest BCUT2D eigenvalue weighted by molar-refractivity contribution is 9.09. The Morgan fingerprint density at radius 2 is 1.89 bits per heavy atom. The lowest BCUT2D eigenvalue weighted by molar-refractivity contribution is -0.113. The van der Waals surface area contributed by atoms with Crippen LogP contribution < -0.4 is 5.32 Å². The fourth-order valence-electron chi connectivity index (χ4n) is 2.06. The number of carbonyl (C=O) groups excluding carboxylic acids is 1. The second-order valence-electron chi connectivity index (χ2n) is 3.96. The van der Waals surface area contributed by atoms with E-state index in [1.54, 1.807) is 0 Å². The molecule has 0 aliphatic rings. The number of furan rings is 1. The van der Waals surface area contributed by atoms with Crippen molar-refractivity contribution in [1.29, 1.82) is 0 Å². The van der Waals surface area contributed by atoms with Crippen molar-refractivity contribution < 1.29 is 9.21 Å². The molecule has 0 bridgehead atoms. The van der Waals surface area contributed by atoms with Gasteiger partial charge in [-0.1, -0.05) is 40.2 Å². The Kier molecular flexibility index (Phi) is 2.80. The molecule has 90 valence electrons. The van der Waals surface area contributed by atoms with Crippen molar-refractivity contribution in [2.45, 2.75) is 0 Å². The van der Waals surface area contributed by atoms with E-state index in [1.165, 1.54) is 0 Å². The maximum atomic E-state index is 11.5. The van der Waals surface area contributed by atoms with E-state index < -0.39 is 0 Å². The molecular weight excluding hydrogens is 294 g/mol. The van der Waals surface area contributed by atoms with Crippen molar-refractivity contribution in [2.75, 3.05) is 10.6 Å². The highest BCUT2D eigenvalue weighted by Gasteiger charge is 2.11. The summed E-state index contributed by atoms with van der Waals surface area (Å²) >= 11 is 3.14. The first-order chi connectivity index (χ1) is 8.79. The minimum absolute atomic E-state index is 0.0761. The van der Waals surface area contributed by atoms with Crippen LogP contribution >= 0.6 is 15.9 Å². The second-order valence-corrected chi connectivity index (χ2v) is 4.52. The van der Waals surface area contributed by atoms with Crippen LogP contribution in [0.3, 0.4) is 0 Å². The first-order valence-corrected chi connectivity index (χ1v) is 6.68. The molecule has 3 aromatic rings. The van der Waals surface area contributed by atoms with Crippen molar-refractivity contribution in [3.05, 3.63) is 42.5 Å². The van der Waals surface area contributed by atoms with Gasteiger partial charge in [0.1, 0.15) is 11.2 Å². The van der Waals surface area contributed by atoms with Gasteiger partial charge in [-0.05, 0) is 18.2 Å². The summed E-state index contributed by atoms with van der Waals surface area (Å²) in [7, 11) is 0. The standard InChI is InChI=1S/C14H10BrNO2/c15-8-13(17)16-10-5-3-7-12-14(10)9-4-1-2-6-11(9)18-12/h1-7H,8H2,(H,16,17). The second kappa shape index (κ2) is 4.46. The molecule has 3 rings (SSSR count). The highest BCUT2D eigenvalue weighted by Crippen LogP contribution is 2.33. The van der Waals surface area contributed by atoms with Gasteiger partial charge in [0.2, 0.25) is 5.91 Å². The molecule has 1 aromatic heterocycles. The van der Waals surface area contributed by atoms with Gasteiger partial charge in [0, 0.05) is 5.39 Å². The summed E-state index contributed by atoms with van der Waals surface area (Å²) in [6.45, 7) is 0. The van der Waals surface area contributed by atoms with E-state index >= 15 is 0 Å². The molecule has 1 N–H and O–H groups in total. The third kappa shape index (κ3) is 1.78. The molecule has 0 saturated heterocycles. The van der Waals surface area contributed by atoms with Crippen LogP contribution in [0, 0.1) is 0 Å². The number of para-hydroxylation sites is 1. The number of carbonyl (C=O) groups is 1. The van der Waals surface area contributed by atoms with E-state index in [2.05, 4.69) is 21.2 Å². The summed E-state index contributed by atoms with van der Waals surface area (Å²) in [5.74, 6) is -0.0761. The summed E-state index contributed by atoms with van der Waals surface area (Å²) in [6.07, 6.45) is 0. The van der Waals surface area contributed by atoms with E-state index in [1.807, 2.05) is 42.5 Å². The van der Waals surface area contributed by atoms with Crippen LogP contribution in [0.5, 0.6) is 0 Å². The molecule has 0 radical (unpaired) electrons. The van der Waals surface area contributed by atoms with E-state index in [-0.39, 0.29) is 11.2 Å². The van der Waals surface area contributed by atoms with Gasteiger partial charge in [-0.3, -0.25) is 4.79 Å². The molecule has 1 amide bonds. The van der Waals surface area contributed by atoms with E-state index in [9.17, 15) is 4.79 Å². The SMILES string of the molecule is O=C(CBr)Nc1cccc2oc3ccccc3c12. The third-order valence-electron chi connectivity index (χ3n) is 2.80. The van der Waals surface area contributed by atoms with Crippen molar-refractivity contribution in [1.82, 2.24) is 0 Å². The number of hydrogen-bond donors (Lipinski definition) is 1. The van der Waals surface area contributed by atoms with Crippen LogP contribution in [0.25, 0.3) is 21.9 Å². The number of anilines is 1. The normalized spacial score (nSPS) is 10.9. The summed E-state index contributed by atoms with van der Waals surface area (Å²) in [4.78, 5) is 11.5. The summed E-state index contributed by atoms with van der Waals surface area (Å²) in [5.41, 5.74) is 2.39. The summed E-state index contributed by atoms with van der Waals surface area (Å²) < 4.78 is 5.75. The maximum Gasteiger partial charge on any atom is 0.235 e. The van der Waals surface area contributed by atoms with Crippen LogP contribution in [0.4, 0.5) is 5.69 Å². The summed E-state index contributed by atoms with van der Waals surface area (Å²) in [6, 6.07) is 13.5. The predicted octanol–water partition coefficient (Wildman–Crippen LogP) is 3.92. The lowest BCUT2D eigenvalue weighted by Crippen LogP contribution is -2.12. The van der Waals surface area contributed by atoms with Crippen LogP contribution in [0.2, 0.25) is 0 Å². The lowest BCUT2D eigenvalue weighted by atomic mass is 10.1. The zero-order valence-electron chi connectivity index (χ0n) is 9.44. The molecule has 0 aliphatic carbocycles. The van der Waals surface area contributed by atoms with Crippen LogP contribution in [0.15, 0.2) is 46.9 Å². The molecule has 18 heavy (non-hydrogen) atoms. The van der Waals surface area contributed by atoms with Crippen LogP contribution in [0.1, 0.15) is 0 Å². The number of benzene rings is 2. The third-order valence-corrected chi connectivity index (χ3v) is 3.31. The van der Waals surface area contributed by atoms with Gasteiger partial charge < -0.3 is 9.73 Å². The molecule has 0 atom stereocenters. The topological polar surface area (TPSA) is 42.2 Å². The highest BCUT2D eigenvalue weighted by atomic mass is 79.9. The van der Waals surface area contributed by atoms with Gasteiger partial charge >= 0.3 is 0 Å². The van der Waals surface area contributed by atoms with Crippen molar-refractivity contribution >= 4 is 49.5 Å². The summed E-state index contributed by atoms with van der Waals surface area (Å²) in [5, 5.41) is 5.10. The minimum Gasteiger partial charge on any atom is -0.456 e. The molecule has 1 heterocycles. The Hall–Kier alpha value is -1.81. The smallest absolute Gasteiger partial charge is 0.235 e. The predicted molar refractivity (Wildman–Crippen MR) is 76.1 cm³/mol. The minimum atomic E-state index is -0.0761. The Morgan fingerprint density at radius 1 is 1.11 bits per heavy atom. The molecule has 0 saturated carbocycles. The first-order valence-electron chi connectivity index (χ1n) is 5.55. The van der Waals surface area contributed by atoms with Gasteiger partial charge in [0.15, 0.2) is 0 Å². The molecule has 0 unspecified atom stereocenters.